The van der Waals surface area contributed by atoms with Crippen LogP contribution >= 0.6 is 11.6 Å². The summed E-state index contributed by atoms with van der Waals surface area (Å²) in [4.78, 5) is 23.1. The van der Waals surface area contributed by atoms with Gasteiger partial charge in [0.1, 0.15) is 0 Å². The first-order valence-electron chi connectivity index (χ1n) is 6.12. The van der Waals surface area contributed by atoms with E-state index in [9.17, 15) is 9.59 Å². The molecule has 0 spiro atoms. The molecule has 1 atom stereocenters. The minimum Gasteiger partial charge on any atom is -0.326 e. The highest BCUT2D eigenvalue weighted by Gasteiger charge is 2.11. The van der Waals surface area contributed by atoms with Crippen LogP contribution in [0.5, 0.6) is 0 Å². The first-order chi connectivity index (χ1) is 8.54. The van der Waals surface area contributed by atoms with Gasteiger partial charge in [-0.1, -0.05) is 13.3 Å². The number of hydrogen-bond donors (Lipinski definition) is 1. The van der Waals surface area contributed by atoms with Crippen molar-refractivity contribution in [3.63, 3.8) is 0 Å². The van der Waals surface area contributed by atoms with Crippen molar-refractivity contribution in [2.24, 2.45) is 0 Å². The smallest absolute Gasteiger partial charge is 0.224 e. The molecule has 1 aromatic rings. The van der Waals surface area contributed by atoms with Gasteiger partial charge >= 0.3 is 0 Å². The molecule has 1 aromatic carbocycles. The topological polar surface area (TPSA) is 46.2 Å². The van der Waals surface area contributed by atoms with E-state index in [0.717, 1.165) is 12.8 Å². The van der Waals surface area contributed by atoms with E-state index in [4.69, 9.17) is 11.6 Å². The molecule has 0 fully saturated rings. The zero-order chi connectivity index (χ0) is 13.5. The molecule has 1 N–H and O–H groups in total. The average Bonchev–Trinajstić information content (AvgIpc) is 2.36. The molecular formula is C14H18ClNO2. The van der Waals surface area contributed by atoms with Crippen molar-refractivity contribution in [2.45, 2.75) is 38.5 Å². The van der Waals surface area contributed by atoms with Gasteiger partial charge in [0, 0.05) is 17.7 Å². The molecule has 18 heavy (non-hydrogen) atoms. The second-order valence-electron chi connectivity index (χ2n) is 4.21. The third kappa shape index (κ3) is 4.49. The number of benzene rings is 1. The predicted molar refractivity (Wildman–Crippen MR) is 74.2 cm³/mol. The number of hydrogen-bond acceptors (Lipinski definition) is 2. The molecule has 1 unspecified atom stereocenters. The van der Waals surface area contributed by atoms with Gasteiger partial charge in [0.15, 0.2) is 5.78 Å². The highest BCUT2D eigenvalue weighted by atomic mass is 35.5. The van der Waals surface area contributed by atoms with E-state index in [1.54, 1.807) is 31.2 Å². The fourth-order valence-corrected chi connectivity index (χ4v) is 1.63. The van der Waals surface area contributed by atoms with E-state index in [2.05, 4.69) is 5.32 Å². The molecule has 98 valence electrons. The molecule has 0 radical (unpaired) electrons. The summed E-state index contributed by atoms with van der Waals surface area (Å²) < 4.78 is 0. The molecular weight excluding hydrogens is 250 g/mol. The fourth-order valence-electron chi connectivity index (χ4n) is 1.51. The maximum absolute atomic E-state index is 11.6. The quantitative estimate of drug-likeness (QED) is 0.632. The molecule has 1 amide bonds. The zero-order valence-electron chi connectivity index (χ0n) is 10.7. The third-order valence-corrected chi connectivity index (χ3v) is 2.77. The second-order valence-corrected chi connectivity index (χ2v) is 4.86. The Kier molecular flexibility index (Phi) is 5.86. The van der Waals surface area contributed by atoms with Crippen LogP contribution in [0, 0.1) is 0 Å². The molecule has 4 heteroatoms. The molecule has 0 heterocycles. The molecule has 0 aromatic heterocycles. The lowest BCUT2D eigenvalue weighted by molar-refractivity contribution is -0.116. The van der Waals surface area contributed by atoms with E-state index in [1.165, 1.54) is 0 Å². The summed E-state index contributed by atoms with van der Waals surface area (Å²) in [5.41, 5.74) is 1.26. The van der Waals surface area contributed by atoms with Gasteiger partial charge in [0.05, 0.1) is 5.38 Å². The number of amides is 1. The molecule has 0 saturated heterocycles. The monoisotopic (exact) mass is 267 g/mol. The maximum atomic E-state index is 11.6. The Bertz CT molecular complexity index is 412. The Labute approximate surface area is 113 Å². The molecule has 0 aliphatic rings. The van der Waals surface area contributed by atoms with Crippen molar-refractivity contribution in [2.75, 3.05) is 5.32 Å². The zero-order valence-corrected chi connectivity index (χ0v) is 11.5. The van der Waals surface area contributed by atoms with E-state index in [0.29, 0.717) is 17.7 Å². The standard InChI is InChI=1S/C14H18ClNO2/c1-3-4-5-13(17)16-12-8-6-11(7-9-12)14(18)10(2)15/h6-10H,3-5H2,1-2H3,(H,16,17). The number of carbonyl (C=O) groups is 2. The Morgan fingerprint density at radius 3 is 2.39 bits per heavy atom. The number of carbonyl (C=O) groups excluding carboxylic acids is 2. The van der Waals surface area contributed by atoms with E-state index in [-0.39, 0.29) is 11.7 Å². The van der Waals surface area contributed by atoms with E-state index < -0.39 is 5.38 Å². The van der Waals surface area contributed by atoms with Crippen LogP contribution in [-0.2, 0) is 4.79 Å². The van der Waals surface area contributed by atoms with Crippen molar-refractivity contribution >= 4 is 29.0 Å². The molecule has 0 bridgehead atoms. The number of Topliss-reactive ketones (excluding diaryl/α,β-unsaturated/α-hetero) is 1. The maximum Gasteiger partial charge on any atom is 0.224 e. The van der Waals surface area contributed by atoms with Crippen molar-refractivity contribution < 1.29 is 9.59 Å². The van der Waals surface area contributed by atoms with Crippen molar-refractivity contribution in [3.05, 3.63) is 29.8 Å². The number of nitrogens with one attached hydrogen (secondary N) is 1. The molecule has 0 saturated carbocycles. The number of halogens is 1. The van der Waals surface area contributed by atoms with Gasteiger partial charge in [-0.3, -0.25) is 9.59 Å². The minimum absolute atomic E-state index is 0.00152. The first-order valence-corrected chi connectivity index (χ1v) is 6.56. The summed E-state index contributed by atoms with van der Waals surface area (Å²) in [6, 6.07) is 6.79. The number of rotatable bonds is 6. The number of anilines is 1. The third-order valence-electron chi connectivity index (χ3n) is 2.57. The number of ketones is 1. The van der Waals surface area contributed by atoms with Crippen LogP contribution in [0.2, 0.25) is 0 Å². The van der Waals surface area contributed by atoms with Crippen LogP contribution in [0.4, 0.5) is 5.69 Å². The van der Waals surface area contributed by atoms with Crippen molar-refractivity contribution in [3.8, 4) is 0 Å². The summed E-state index contributed by atoms with van der Waals surface area (Å²) in [5, 5.41) is 2.26. The van der Waals surface area contributed by atoms with Gasteiger partial charge in [-0.15, -0.1) is 11.6 Å². The fraction of sp³-hybridized carbons (Fsp3) is 0.429. The molecule has 0 aliphatic carbocycles. The van der Waals surface area contributed by atoms with Crippen LogP contribution < -0.4 is 5.32 Å². The molecule has 0 aliphatic heterocycles. The van der Waals surface area contributed by atoms with Crippen LogP contribution in [0.1, 0.15) is 43.5 Å². The van der Waals surface area contributed by atoms with Crippen LogP contribution in [0.3, 0.4) is 0 Å². The minimum atomic E-state index is -0.532. The van der Waals surface area contributed by atoms with Crippen molar-refractivity contribution in [1.82, 2.24) is 0 Å². The lowest BCUT2D eigenvalue weighted by Crippen LogP contribution is -2.12. The predicted octanol–water partition coefficient (Wildman–Crippen LogP) is 3.63. The summed E-state index contributed by atoms with van der Waals surface area (Å²) in [6.45, 7) is 3.69. The summed E-state index contributed by atoms with van der Waals surface area (Å²) in [7, 11) is 0. The van der Waals surface area contributed by atoms with Crippen LogP contribution in [0.15, 0.2) is 24.3 Å². The van der Waals surface area contributed by atoms with Gasteiger partial charge in [-0.2, -0.15) is 0 Å². The Morgan fingerprint density at radius 1 is 1.28 bits per heavy atom. The van der Waals surface area contributed by atoms with Crippen LogP contribution in [0.25, 0.3) is 0 Å². The van der Waals surface area contributed by atoms with Crippen molar-refractivity contribution in [1.29, 1.82) is 0 Å². The Morgan fingerprint density at radius 2 is 1.89 bits per heavy atom. The van der Waals surface area contributed by atoms with Gasteiger partial charge in [-0.05, 0) is 37.6 Å². The second kappa shape index (κ2) is 7.17. The van der Waals surface area contributed by atoms with Gasteiger partial charge in [0.25, 0.3) is 0 Å². The first kappa shape index (κ1) is 14.7. The lowest BCUT2D eigenvalue weighted by Gasteiger charge is -2.06. The normalized spacial score (nSPS) is 11.9. The molecule has 3 nitrogen and oxygen atoms in total. The largest absolute Gasteiger partial charge is 0.326 e. The average molecular weight is 268 g/mol. The highest BCUT2D eigenvalue weighted by Crippen LogP contribution is 2.13. The number of unbranched alkanes of at least 4 members (excludes halogenated alkanes) is 1. The lowest BCUT2D eigenvalue weighted by atomic mass is 10.1. The van der Waals surface area contributed by atoms with E-state index in [1.807, 2.05) is 6.92 Å². The Hall–Kier alpha value is -1.35. The SMILES string of the molecule is CCCCC(=O)Nc1ccc(C(=O)C(C)Cl)cc1. The molecule has 1 rings (SSSR count). The van der Waals surface area contributed by atoms with Crippen LogP contribution in [-0.4, -0.2) is 17.1 Å². The summed E-state index contributed by atoms with van der Waals surface area (Å²) >= 11 is 5.72. The Balaban J connectivity index is 2.60. The van der Waals surface area contributed by atoms with Gasteiger partial charge < -0.3 is 5.32 Å². The summed E-state index contributed by atoms with van der Waals surface area (Å²) in [5.74, 6) is -0.109. The van der Waals surface area contributed by atoms with Gasteiger partial charge in [-0.25, -0.2) is 0 Å². The summed E-state index contributed by atoms with van der Waals surface area (Å²) in [6.07, 6.45) is 2.40. The van der Waals surface area contributed by atoms with E-state index >= 15 is 0 Å². The highest BCUT2D eigenvalue weighted by molar-refractivity contribution is 6.33. The van der Waals surface area contributed by atoms with Gasteiger partial charge in [0.2, 0.25) is 5.91 Å². The number of alkyl halides is 1.